The zero-order chi connectivity index (χ0) is 7.33. The first-order valence-corrected chi connectivity index (χ1v) is 2.76. The lowest BCUT2D eigenvalue weighted by atomic mass is 10.5. The minimum absolute atomic E-state index is 0.0131. The van der Waals surface area contributed by atoms with Crippen molar-refractivity contribution in [3.8, 4) is 0 Å². The van der Waals surface area contributed by atoms with E-state index in [1.807, 2.05) is 0 Å². The lowest BCUT2D eigenvalue weighted by Gasteiger charge is -2.20. The van der Waals surface area contributed by atoms with E-state index < -0.39 is 5.91 Å². The molecule has 0 spiro atoms. The molecule has 0 fully saturated rings. The topological polar surface area (TPSA) is 64.7 Å². The Morgan fingerprint density at radius 3 is 2.56 bits per heavy atom. The van der Waals surface area contributed by atoms with Crippen LogP contribution in [0.15, 0.2) is 0 Å². The van der Waals surface area contributed by atoms with E-state index >= 15 is 0 Å². The monoisotopic (exact) mass is 135 g/mol. The van der Waals surface area contributed by atoms with Gasteiger partial charge in [-0.05, 0) is 6.92 Å². The molecule has 0 aliphatic carbocycles. The van der Waals surface area contributed by atoms with E-state index in [2.05, 4.69) is 9.47 Å². The molecule has 0 radical (unpaired) electrons. The van der Waals surface area contributed by atoms with E-state index in [4.69, 9.17) is 10.8 Å². The van der Waals surface area contributed by atoms with Crippen LogP contribution in [0.25, 0.3) is 0 Å². The van der Waals surface area contributed by atoms with Crippen LogP contribution in [0, 0.1) is 0 Å². The number of nitrogens with two attached hydrogens (primary N) is 1. The predicted octanol–water partition coefficient (Wildman–Crippen LogP) is -0.726. The van der Waals surface area contributed by atoms with Crippen LogP contribution >= 0.6 is 0 Å². The third kappa shape index (κ3) is 4.35. The van der Waals surface area contributed by atoms with Crippen molar-refractivity contribution < 1.29 is 14.6 Å². The summed E-state index contributed by atoms with van der Waals surface area (Å²) in [5.74, 6) is -1.62. The Bertz CT molecular complexity index is 66.6. The van der Waals surface area contributed by atoms with E-state index in [1.165, 1.54) is 7.11 Å². The van der Waals surface area contributed by atoms with Crippen molar-refractivity contribution in [2.45, 2.75) is 12.8 Å². The molecule has 9 heavy (non-hydrogen) atoms. The van der Waals surface area contributed by atoms with Gasteiger partial charge in [0.2, 0.25) is 5.91 Å². The fourth-order valence-corrected chi connectivity index (χ4v) is 0.498. The molecule has 0 bridgehead atoms. The highest BCUT2D eigenvalue weighted by Gasteiger charge is 2.19. The molecule has 0 aliphatic heterocycles. The number of ether oxygens (including phenoxy) is 2. The first-order valence-electron chi connectivity index (χ1n) is 2.76. The number of rotatable bonds is 4. The molecule has 0 rings (SSSR count). The average molecular weight is 135 g/mol. The van der Waals surface area contributed by atoms with Gasteiger partial charge in [0.1, 0.15) is 6.61 Å². The Kier molecular flexibility index (Phi) is 3.72. The van der Waals surface area contributed by atoms with Gasteiger partial charge in [0.15, 0.2) is 0 Å². The third-order valence-corrected chi connectivity index (χ3v) is 0.745. The van der Waals surface area contributed by atoms with E-state index in [1.54, 1.807) is 6.92 Å². The second-order valence-corrected chi connectivity index (χ2v) is 1.71. The molecule has 3 N–H and O–H groups in total. The molecule has 4 nitrogen and oxygen atoms in total. The minimum Gasteiger partial charge on any atom is -0.378 e. The van der Waals surface area contributed by atoms with Gasteiger partial charge in [-0.2, -0.15) is 0 Å². The van der Waals surface area contributed by atoms with Crippen molar-refractivity contribution in [1.82, 2.24) is 0 Å². The maximum atomic E-state index is 8.94. The molecule has 0 saturated carbocycles. The molecular formula is C5H13NO3. The number of methoxy groups -OCH3 is 1. The molecule has 56 valence electrons. The minimum atomic E-state index is -1.62. The van der Waals surface area contributed by atoms with Crippen molar-refractivity contribution in [3.63, 3.8) is 0 Å². The van der Waals surface area contributed by atoms with Crippen LogP contribution in [-0.4, -0.2) is 31.3 Å². The second kappa shape index (κ2) is 3.79. The van der Waals surface area contributed by atoms with Gasteiger partial charge in [0.25, 0.3) is 0 Å². The maximum Gasteiger partial charge on any atom is 0.246 e. The Morgan fingerprint density at radius 2 is 2.22 bits per heavy atom. The summed E-state index contributed by atoms with van der Waals surface area (Å²) in [7, 11) is 1.44. The first-order chi connectivity index (χ1) is 4.12. The van der Waals surface area contributed by atoms with E-state index in [9.17, 15) is 0 Å². The van der Waals surface area contributed by atoms with Crippen LogP contribution in [0.5, 0.6) is 0 Å². The molecule has 0 amide bonds. The standard InChI is InChI=1S/C5H13NO3/c1-3-9-5(6,7)4-8-2/h7H,3-4,6H2,1-2H3. The Hall–Kier alpha value is -0.160. The highest BCUT2D eigenvalue weighted by atomic mass is 16.7. The van der Waals surface area contributed by atoms with Gasteiger partial charge in [-0.25, -0.2) is 0 Å². The lowest BCUT2D eigenvalue weighted by molar-refractivity contribution is -0.221. The van der Waals surface area contributed by atoms with Crippen molar-refractivity contribution >= 4 is 0 Å². The normalized spacial score (nSPS) is 17.3. The summed E-state index contributed by atoms with van der Waals surface area (Å²) in [6.07, 6.45) is 0. The molecule has 0 aromatic heterocycles. The summed E-state index contributed by atoms with van der Waals surface area (Å²) < 4.78 is 9.24. The molecule has 4 heteroatoms. The van der Waals surface area contributed by atoms with Gasteiger partial charge >= 0.3 is 0 Å². The van der Waals surface area contributed by atoms with Gasteiger partial charge in [-0.1, -0.05) is 0 Å². The SMILES string of the molecule is CCOC(N)(O)COC. The predicted molar refractivity (Wildman–Crippen MR) is 32.6 cm³/mol. The fourth-order valence-electron chi connectivity index (χ4n) is 0.498. The van der Waals surface area contributed by atoms with Crippen LogP contribution in [0.2, 0.25) is 0 Å². The van der Waals surface area contributed by atoms with Crippen LogP contribution in [0.4, 0.5) is 0 Å². The zero-order valence-corrected chi connectivity index (χ0v) is 5.76. The molecule has 0 aliphatic rings. The third-order valence-electron chi connectivity index (χ3n) is 0.745. The molecule has 1 unspecified atom stereocenters. The van der Waals surface area contributed by atoms with Gasteiger partial charge < -0.3 is 14.6 Å². The molecule has 0 aromatic carbocycles. The van der Waals surface area contributed by atoms with E-state index in [-0.39, 0.29) is 6.61 Å². The largest absolute Gasteiger partial charge is 0.378 e. The number of hydrogen-bond donors (Lipinski definition) is 2. The van der Waals surface area contributed by atoms with Crippen molar-refractivity contribution in [2.75, 3.05) is 20.3 Å². The van der Waals surface area contributed by atoms with Crippen LogP contribution in [-0.2, 0) is 9.47 Å². The lowest BCUT2D eigenvalue weighted by Crippen LogP contribution is -2.46. The summed E-state index contributed by atoms with van der Waals surface area (Å²) in [6, 6.07) is 0. The van der Waals surface area contributed by atoms with E-state index in [0.717, 1.165) is 0 Å². The van der Waals surface area contributed by atoms with Crippen LogP contribution < -0.4 is 5.73 Å². The average Bonchev–Trinajstić information content (AvgIpc) is 1.64. The summed E-state index contributed by atoms with van der Waals surface area (Å²) in [4.78, 5) is 0. The zero-order valence-electron chi connectivity index (χ0n) is 5.76. The smallest absolute Gasteiger partial charge is 0.246 e. The maximum absolute atomic E-state index is 8.94. The molecular weight excluding hydrogens is 122 g/mol. The summed E-state index contributed by atoms with van der Waals surface area (Å²) in [5.41, 5.74) is 5.15. The highest BCUT2D eigenvalue weighted by molar-refractivity contribution is 4.53. The van der Waals surface area contributed by atoms with Gasteiger partial charge in [0.05, 0.1) is 0 Å². The molecule has 0 saturated heterocycles. The van der Waals surface area contributed by atoms with E-state index in [0.29, 0.717) is 6.61 Å². The Morgan fingerprint density at radius 1 is 1.67 bits per heavy atom. The molecule has 1 atom stereocenters. The van der Waals surface area contributed by atoms with Gasteiger partial charge in [0, 0.05) is 13.7 Å². The molecule has 0 aromatic rings. The number of hydrogen-bond acceptors (Lipinski definition) is 4. The number of aliphatic hydroxyl groups is 1. The second-order valence-electron chi connectivity index (χ2n) is 1.71. The van der Waals surface area contributed by atoms with Crippen molar-refractivity contribution in [3.05, 3.63) is 0 Å². The van der Waals surface area contributed by atoms with Crippen LogP contribution in [0.3, 0.4) is 0 Å². The molecule has 0 heterocycles. The quantitative estimate of drug-likeness (QED) is 0.499. The summed E-state index contributed by atoms with van der Waals surface area (Å²) in [5, 5.41) is 8.94. The van der Waals surface area contributed by atoms with Gasteiger partial charge in [-0.15, -0.1) is 0 Å². The highest BCUT2D eigenvalue weighted by Crippen LogP contribution is 1.96. The van der Waals surface area contributed by atoms with Crippen molar-refractivity contribution in [2.24, 2.45) is 5.73 Å². The van der Waals surface area contributed by atoms with Crippen LogP contribution in [0.1, 0.15) is 6.92 Å². The van der Waals surface area contributed by atoms with Gasteiger partial charge in [-0.3, -0.25) is 5.73 Å². The van der Waals surface area contributed by atoms with Crippen molar-refractivity contribution in [1.29, 1.82) is 0 Å². The summed E-state index contributed by atoms with van der Waals surface area (Å²) in [6.45, 7) is 2.10. The fraction of sp³-hybridized carbons (Fsp3) is 1.00. The first kappa shape index (κ1) is 8.84. The Labute approximate surface area is 54.6 Å². The Balaban J connectivity index is 3.43. The summed E-state index contributed by atoms with van der Waals surface area (Å²) >= 11 is 0.